The largest absolute Gasteiger partial charge is 0.494 e. The molecule has 5 heteroatoms. The highest BCUT2D eigenvalue weighted by Crippen LogP contribution is 2.44. The Morgan fingerprint density at radius 1 is 1.22 bits per heavy atom. The van der Waals surface area contributed by atoms with E-state index >= 15 is 0 Å². The van der Waals surface area contributed by atoms with Crippen LogP contribution in [0.1, 0.15) is 43.2 Å². The van der Waals surface area contributed by atoms with E-state index in [0.717, 1.165) is 40.0 Å². The lowest BCUT2D eigenvalue weighted by molar-refractivity contribution is -0.116. The van der Waals surface area contributed by atoms with Crippen LogP contribution in [-0.4, -0.2) is 22.3 Å². The lowest BCUT2D eigenvalue weighted by Gasteiger charge is -2.26. The number of rotatable bonds is 5. The van der Waals surface area contributed by atoms with Gasteiger partial charge in [0.05, 0.1) is 12.8 Å². The SMILES string of the molecule is CCOc1ccc2ccccc2c1C1CC(=O)Nc2c1cnn2CC1CC1. The Morgan fingerprint density at radius 3 is 2.89 bits per heavy atom. The van der Waals surface area contributed by atoms with Gasteiger partial charge in [-0.2, -0.15) is 5.10 Å². The van der Waals surface area contributed by atoms with Crippen LogP contribution < -0.4 is 10.1 Å². The van der Waals surface area contributed by atoms with Crippen molar-refractivity contribution < 1.29 is 9.53 Å². The van der Waals surface area contributed by atoms with Gasteiger partial charge >= 0.3 is 0 Å². The minimum absolute atomic E-state index is 0.0421. The molecule has 0 radical (unpaired) electrons. The maximum absolute atomic E-state index is 12.6. The lowest BCUT2D eigenvalue weighted by Crippen LogP contribution is -2.25. The third-order valence-corrected chi connectivity index (χ3v) is 5.60. The molecule has 1 fully saturated rings. The van der Waals surface area contributed by atoms with E-state index in [1.54, 1.807) is 0 Å². The van der Waals surface area contributed by atoms with E-state index in [1.807, 2.05) is 36.0 Å². The average molecular weight is 361 g/mol. The van der Waals surface area contributed by atoms with E-state index in [2.05, 4.69) is 28.6 Å². The third-order valence-electron chi connectivity index (χ3n) is 5.60. The second-order valence-corrected chi connectivity index (χ2v) is 7.51. The van der Waals surface area contributed by atoms with Crippen LogP contribution in [0, 0.1) is 5.92 Å². The second-order valence-electron chi connectivity index (χ2n) is 7.51. The van der Waals surface area contributed by atoms with Crippen molar-refractivity contribution in [2.45, 2.75) is 38.6 Å². The van der Waals surface area contributed by atoms with Crippen molar-refractivity contribution in [2.24, 2.45) is 5.92 Å². The van der Waals surface area contributed by atoms with Gasteiger partial charge in [-0.25, -0.2) is 4.68 Å². The molecule has 2 aromatic carbocycles. The number of benzene rings is 2. The molecule has 3 aromatic rings. The van der Waals surface area contributed by atoms with Crippen LogP contribution >= 0.6 is 0 Å². The highest BCUT2D eigenvalue weighted by Gasteiger charge is 2.34. The fourth-order valence-electron chi connectivity index (χ4n) is 4.13. The molecular formula is C22H23N3O2. The predicted octanol–water partition coefficient (Wildman–Crippen LogP) is 4.32. The zero-order chi connectivity index (χ0) is 18.4. The molecule has 2 heterocycles. The van der Waals surface area contributed by atoms with Gasteiger partial charge in [0, 0.05) is 30.0 Å². The van der Waals surface area contributed by atoms with E-state index in [9.17, 15) is 4.79 Å². The maximum atomic E-state index is 12.6. The Labute approximate surface area is 158 Å². The Hall–Kier alpha value is -2.82. The summed E-state index contributed by atoms with van der Waals surface area (Å²) in [6.45, 7) is 3.47. The number of hydrogen-bond donors (Lipinski definition) is 1. The average Bonchev–Trinajstić information content (AvgIpc) is 3.41. The predicted molar refractivity (Wildman–Crippen MR) is 105 cm³/mol. The molecule has 2 aliphatic rings. The van der Waals surface area contributed by atoms with Crippen molar-refractivity contribution in [3.8, 4) is 5.75 Å². The maximum Gasteiger partial charge on any atom is 0.226 e. The first-order chi connectivity index (χ1) is 13.2. The molecule has 5 rings (SSSR count). The smallest absolute Gasteiger partial charge is 0.226 e. The van der Waals surface area contributed by atoms with Crippen LogP contribution in [0.4, 0.5) is 5.82 Å². The molecular weight excluding hydrogens is 338 g/mol. The standard InChI is InChI=1S/C22H23N3O2/c1-2-27-19-10-9-15-5-3-4-6-16(15)21(19)17-11-20(26)24-22-18(17)12-23-25(22)13-14-7-8-14/h3-6,9-10,12,14,17H,2,7-8,11,13H2,1H3,(H,24,26). The van der Waals surface area contributed by atoms with Gasteiger partial charge < -0.3 is 10.1 Å². The minimum Gasteiger partial charge on any atom is -0.494 e. The summed E-state index contributed by atoms with van der Waals surface area (Å²) in [5.74, 6) is 2.41. The number of carbonyl (C=O) groups excluding carboxylic acids is 1. The van der Waals surface area contributed by atoms with Gasteiger partial charge in [0.1, 0.15) is 11.6 Å². The van der Waals surface area contributed by atoms with Gasteiger partial charge in [0.15, 0.2) is 0 Å². The molecule has 5 nitrogen and oxygen atoms in total. The van der Waals surface area contributed by atoms with Crippen molar-refractivity contribution in [1.29, 1.82) is 0 Å². The zero-order valence-corrected chi connectivity index (χ0v) is 15.4. The number of ether oxygens (including phenoxy) is 1. The second kappa shape index (κ2) is 6.41. The van der Waals surface area contributed by atoms with Gasteiger partial charge in [-0.05, 0) is 42.5 Å². The zero-order valence-electron chi connectivity index (χ0n) is 15.4. The van der Waals surface area contributed by atoms with Crippen LogP contribution in [0.25, 0.3) is 10.8 Å². The Bertz CT molecular complexity index is 1020. The van der Waals surface area contributed by atoms with Crippen LogP contribution in [-0.2, 0) is 11.3 Å². The Kier molecular flexibility index (Phi) is 3.88. The van der Waals surface area contributed by atoms with Gasteiger partial charge in [0.2, 0.25) is 5.91 Å². The van der Waals surface area contributed by atoms with Gasteiger partial charge in [0.25, 0.3) is 0 Å². The molecule has 27 heavy (non-hydrogen) atoms. The minimum atomic E-state index is -0.0469. The Balaban J connectivity index is 1.67. The quantitative estimate of drug-likeness (QED) is 0.736. The molecule has 0 spiro atoms. The topological polar surface area (TPSA) is 56.1 Å². The summed E-state index contributed by atoms with van der Waals surface area (Å²) in [6, 6.07) is 12.4. The number of aromatic nitrogens is 2. The Morgan fingerprint density at radius 2 is 2.07 bits per heavy atom. The van der Waals surface area contributed by atoms with E-state index in [0.29, 0.717) is 18.9 Å². The molecule has 1 N–H and O–H groups in total. The number of amides is 1. The first kappa shape index (κ1) is 16.4. The number of fused-ring (bicyclic) bond motifs is 2. The van der Waals surface area contributed by atoms with Crippen LogP contribution in [0.5, 0.6) is 5.75 Å². The third kappa shape index (κ3) is 2.87. The fourth-order valence-corrected chi connectivity index (χ4v) is 4.13. The number of carbonyl (C=O) groups is 1. The van der Waals surface area contributed by atoms with E-state index in [1.165, 1.54) is 12.8 Å². The summed E-state index contributed by atoms with van der Waals surface area (Å²) in [7, 11) is 0. The highest BCUT2D eigenvalue weighted by molar-refractivity contribution is 5.96. The summed E-state index contributed by atoms with van der Waals surface area (Å²) >= 11 is 0. The van der Waals surface area contributed by atoms with Gasteiger partial charge in [-0.3, -0.25) is 4.79 Å². The summed E-state index contributed by atoms with van der Waals surface area (Å²) in [5.41, 5.74) is 2.18. The molecule has 0 bridgehead atoms. The number of nitrogens with one attached hydrogen (secondary N) is 1. The summed E-state index contributed by atoms with van der Waals surface area (Å²) in [5, 5.41) is 9.97. The van der Waals surface area contributed by atoms with Crippen LogP contribution in [0.15, 0.2) is 42.6 Å². The van der Waals surface area contributed by atoms with Crippen molar-refractivity contribution in [3.05, 3.63) is 53.7 Å². The van der Waals surface area contributed by atoms with Gasteiger partial charge in [-0.1, -0.05) is 30.3 Å². The van der Waals surface area contributed by atoms with Crippen molar-refractivity contribution >= 4 is 22.5 Å². The van der Waals surface area contributed by atoms with E-state index in [-0.39, 0.29) is 11.8 Å². The summed E-state index contributed by atoms with van der Waals surface area (Å²) < 4.78 is 7.95. The molecule has 1 atom stereocenters. The molecule has 1 aromatic heterocycles. The molecule has 1 unspecified atom stereocenters. The van der Waals surface area contributed by atoms with Crippen molar-refractivity contribution in [2.75, 3.05) is 11.9 Å². The monoisotopic (exact) mass is 361 g/mol. The molecule has 138 valence electrons. The summed E-state index contributed by atoms with van der Waals surface area (Å²) in [4.78, 5) is 12.6. The summed E-state index contributed by atoms with van der Waals surface area (Å²) in [6.07, 6.45) is 4.85. The number of anilines is 1. The van der Waals surface area contributed by atoms with E-state index in [4.69, 9.17) is 4.74 Å². The van der Waals surface area contributed by atoms with Crippen LogP contribution in [0.3, 0.4) is 0 Å². The lowest BCUT2D eigenvalue weighted by atomic mass is 9.84. The van der Waals surface area contributed by atoms with Crippen molar-refractivity contribution in [1.82, 2.24) is 9.78 Å². The van der Waals surface area contributed by atoms with Crippen molar-refractivity contribution in [3.63, 3.8) is 0 Å². The van der Waals surface area contributed by atoms with Gasteiger partial charge in [-0.15, -0.1) is 0 Å². The number of hydrogen-bond acceptors (Lipinski definition) is 3. The molecule has 0 saturated heterocycles. The van der Waals surface area contributed by atoms with Crippen LogP contribution in [0.2, 0.25) is 0 Å². The molecule has 1 saturated carbocycles. The normalized spacial score (nSPS) is 19.0. The first-order valence-electron chi connectivity index (χ1n) is 9.74. The molecule has 1 aliphatic carbocycles. The first-order valence-corrected chi connectivity index (χ1v) is 9.74. The molecule has 1 aliphatic heterocycles. The fraction of sp³-hybridized carbons (Fsp3) is 0.364. The molecule has 1 amide bonds. The highest BCUT2D eigenvalue weighted by atomic mass is 16.5. The van der Waals surface area contributed by atoms with E-state index < -0.39 is 0 Å². The number of nitrogens with zero attached hydrogens (tertiary/aromatic N) is 2.